The Hall–Kier alpha value is -1.93. The number of aldehydes is 1. The molecule has 2 aromatic rings. The number of hydrogen-bond acceptors (Lipinski definition) is 2. The third-order valence-electron chi connectivity index (χ3n) is 6.32. The van der Waals surface area contributed by atoms with E-state index in [4.69, 9.17) is 0 Å². The largest absolute Gasteiger partial charge is 0.395 e. The molecule has 0 unspecified atom stereocenters. The van der Waals surface area contributed by atoms with Crippen molar-refractivity contribution in [2.75, 3.05) is 6.61 Å². The van der Waals surface area contributed by atoms with Crippen LogP contribution in [-0.2, 0) is 15.6 Å². The first kappa shape index (κ1) is 21.4. The maximum Gasteiger partial charge on any atom is 0.130 e. The summed E-state index contributed by atoms with van der Waals surface area (Å²) in [5.41, 5.74) is 2.44. The van der Waals surface area contributed by atoms with E-state index in [1.807, 2.05) is 24.3 Å². The van der Waals surface area contributed by atoms with Gasteiger partial charge >= 0.3 is 0 Å². The molecular formula is C25H34O2. The molecule has 2 nitrogen and oxygen atoms in total. The predicted octanol–water partition coefficient (Wildman–Crippen LogP) is 5.82. The van der Waals surface area contributed by atoms with Crippen LogP contribution in [0.15, 0.2) is 60.7 Å². The Morgan fingerprint density at radius 1 is 0.741 bits per heavy atom. The zero-order valence-electron chi connectivity index (χ0n) is 15.6. The van der Waals surface area contributed by atoms with Crippen LogP contribution in [0.3, 0.4) is 0 Å². The summed E-state index contributed by atoms with van der Waals surface area (Å²) in [5.74, 6) is 0. The van der Waals surface area contributed by atoms with E-state index in [9.17, 15) is 9.90 Å². The van der Waals surface area contributed by atoms with Crippen molar-refractivity contribution in [3.63, 3.8) is 0 Å². The lowest BCUT2D eigenvalue weighted by Gasteiger charge is -2.26. The number of aliphatic hydroxyl groups excluding tert-OH is 1. The Labute approximate surface area is 164 Å². The standard InChI is InChI=1S/C12H16O.C12H14O.CH4/c2*13-10-12(8-4-5-9-12)11-6-2-1-3-7-11;/h1-3,6-7,13H,4-5,8-10H2;1-3,6-7,10H,4-5,8-9H2;1H4. The van der Waals surface area contributed by atoms with Crippen molar-refractivity contribution in [3.05, 3.63) is 71.8 Å². The number of rotatable bonds is 4. The van der Waals surface area contributed by atoms with E-state index in [1.54, 1.807) is 0 Å². The molecule has 0 atom stereocenters. The Kier molecular flexibility index (Phi) is 7.79. The van der Waals surface area contributed by atoms with Gasteiger partial charge in [-0.1, -0.05) is 93.8 Å². The molecule has 0 saturated heterocycles. The van der Waals surface area contributed by atoms with Crippen LogP contribution in [0, 0.1) is 0 Å². The molecule has 2 heteroatoms. The van der Waals surface area contributed by atoms with Gasteiger partial charge in [-0.15, -0.1) is 0 Å². The molecule has 0 aliphatic heterocycles. The van der Waals surface area contributed by atoms with Crippen LogP contribution >= 0.6 is 0 Å². The van der Waals surface area contributed by atoms with Gasteiger partial charge in [0.05, 0.1) is 12.0 Å². The number of hydrogen-bond donors (Lipinski definition) is 1. The summed E-state index contributed by atoms with van der Waals surface area (Å²) in [4.78, 5) is 11.1. The molecule has 2 aliphatic rings. The second-order valence-corrected chi connectivity index (χ2v) is 7.86. The van der Waals surface area contributed by atoms with E-state index < -0.39 is 0 Å². The van der Waals surface area contributed by atoms with E-state index in [0.29, 0.717) is 6.61 Å². The first-order valence-electron chi connectivity index (χ1n) is 9.93. The molecule has 146 valence electrons. The van der Waals surface area contributed by atoms with Gasteiger partial charge in [0, 0.05) is 5.41 Å². The van der Waals surface area contributed by atoms with Crippen molar-refractivity contribution in [3.8, 4) is 0 Å². The highest BCUT2D eigenvalue weighted by Crippen LogP contribution is 2.40. The average Bonchev–Trinajstić information content (AvgIpc) is 3.41. The second kappa shape index (κ2) is 9.85. The van der Waals surface area contributed by atoms with Crippen molar-refractivity contribution in [1.82, 2.24) is 0 Å². The molecule has 4 rings (SSSR count). The summed E-state index contributed by atoms with van der Waals surface area (Å²) in [7, 11) is 0. The van der Waals surface area contributed by atoms with E-state index >= 15 is 0 Å². The number of carbonyl (C=O) groups excluding carboxylic acids is 1. The van der Waals surface area contributed by atoms with Crippen molar-refractivity contribution in [1.29, 1.82) is 0 Å². The van der Waals surface area contributed by atoms with Gasteiger partial charge in [-0.3, -0.25) is 0 Å². The van der Waals surface area contributed by atoms with Crippen LogP contribution < -0.4 is 0 Å². The molecule has 2 aliphatic carbocycles. The normalized spacial score (nSPS) is 19.4. The Morgan fingerprint density at radius 2 is 1.19 bits per heavy atom. The van der Waals surface area contributed by atoms with Gasteiger partial charge in [-0.25, -0.2) is 0 Å². The highest BCUT2D eigenvalue weighted by Gasteiger charge is 2.35. The summed E-state index contributed by atoms with van der Waals surface area (Å²) in [6.07, 6.45) is 10.4. The summed E-state index contributed by atoms with van der Waals surface area (Å²) in [6.45, 7) is 0.303. The molecule has 2 aromatic carbocycles. The van der Waals surface area contributed by atoms with Gasteiger partial charge < -0.3 is 9.90 Å². The van der Waals surface area contributed by atoms with Crippen LogP contribution in [0.2, 0.25) is 0 Å². The minimum atomic E-state index is -0.152. The summed E-state index contributed by atoms with van der Waals surface area (Å²) in [6, 6.07) is 20.6. The molecule has 0 bridgehead atoms. The van der Waals surface area contributed by atoms with Crippen molar-refractivity contribution < 1.29 is 9.90 Å². The molecule has 0 radical (unpaired) electrons. The van der Waals surface area contributed by atoms with Crippen LogP contribution in [0.4, 0.5) is 0 Å². The highest BCUT2D eigenvalue weighted by atomic mass is 16.3. The van der Waals surface area contributed by atoms with Gasteiger partial charge in [-0.05, 0) is 36.8 Å². The number of carbonyl (C=O) groups is 1. The van der Waals surface area contributed by atoms with Gasteiger partial charge in [0.15, 0.2) is 0 Å². The molecule has 0 heterocycles. The zero-order valence-corrected chi connectivity index (χ0v) is 15.6. The van der Waals surface area contributed by atoms with Gasteiger partial charge in [0.2, 0.25) is 0 Å². The Balaban J connectivity index is 0.000000187. The van der Waals surface area contributed by atoms with E-state index in [0.717, 1.165) is 32.0 Å². The Bertz CT molecular complexity index is 666. The minimum Gasteiger partial charge on any atom is -0.395 e. The summed E-state index contributed by atoms with van der Waals surface area (Å²) >= 11 is 0. The van der Waals surface area contributed by atoms with Crippen LogP contribution in [0.1, 0.15) is 69.9 Å². The van der Waals surface area contributed by atoms with Crippen molar-refractivity contribution in [2.45, 2.75) is 69.6 Å². The van der Waals surface area contributed by atoms with Crippen LogP contribution in [0.5, 0.6) is 0 Å². The number of aliphatic hydroxyl groups is 1. The fourth-order valence-corrected chi connectivity index (χ4v) is 4.63. The zero-order chi connectivity index (χ0) is 18.3. The maximum atomic E-state index is 11.1. The van der Waals surface area contributed by atoms with E-state index in [2.05, 4.69) is 36.4 Å². The molecule has 0 spiro atoms. The van der Waals surface area contributed by atoms with Gasteiger partial charge in [0.25, 0.3) is 0 Å². The minimum absolute atomic E-state index is 0. The molecular weight excluding hydrogens is 332 g/mol. The lowest BCUT2D eigenvalue weighted by molar-refractivity contribution is -0.112. The maximum absolute atomic E-state index is 11.1. The second-order valence-electron chi connectivity index (χ2n) is 7.86. The molecule has 1 N–H and O–H groups in total. The third kappa shape index (κ3) is 4.68. The highest BCUT2D eigenvalue weighted by molar-refractivity contribution is 5.69. The predicted molar refractivity (Wildman–Crippen MR) is 113 cm³/mol. The quantitative estimate of drug-likeness (QED) is 0.692. The summed E-state index contributed by atoms with van der Waals surface area (Å²) in [5, 5.41) is 9.47. The summed E-state index contributed by atoms with van der Waals surface area (Å²) < 4.78 is 0. The smallest absolute Gasteiger partial charge is 0.130 e. The fourth-order valence-electron chi connectivity index (χ4n) is 4.63. The first-order valence-corrected chi connectivity index (χ1v) is 9.93. The average molecular weight is 367 g/mol. The van der Waals surface area contributed by atoms with E-state index in [1.165, 1.54) is 36.8 Å². The SMILES string of the molecule is C.O=CC1(c2ccccc2)CCCC1.OCC1(c2ccccc2)CCCC1. The van der Waals surface area contributed by atoms with Gasteiger partial charge in [-0.2, -0.15) is 0 Å². The fraction of sp³-hybridized carbons (Fsp3) is 0.480. The van der Waals surface area contributed by atoms with Crippen LogP contribution in [0.25, 0.3) is 0 Å². The van der Waals surface area contributed by atoms with Crippen molar-refractivity contribution in [2.24, 2.45) is 0 Å². The molecule has 2 fully saturated rings. The number of benzene rings is 2. The van der Waals surface area contributed by atoms with Crippen LogP contribution in [-0.4, -0.2) is 18.0 Å². The monoisotopic (exact) mass is 366 g/mol. The Morgan fingerprint density at radius 3 is 1.63 bits per heavy atom. The lowest BCUT2D eigenvalue weighted by Crippen LogP contribution is -2.26. The first-order chi connectivity index (χ1) is 12.7. The van der Waals surface area contributed by atoms with Gasteiger partial charge in [0.1, 0.15) is 6.29 Å². The topological polar surface area (TPSA) is 37.3 Å². The molecule has 0 amide bonds. The molecule has 2 saturated carbocycles. The molecule has 27 heavy (non-hydrogen) atoms. The molecule has 0 aromatic heterocycles. The van der Waals surface area contributed by atoms with Crippen molar-refractivity contribution >= 4 is 6.29 Å². The van der Waals surface area contributed by atoms with E-state index in [-0.39, 0.29) is 18.3 Å². The third-order valence-corrected chi connectivity index (χ3v) is 6.32. The lowest BCUT2D eigenvalue weighted by atomic mass is 9.80.